The Kier molecular flexibility index (Phi) is 19.8. The van der Waals surface area contributed by atoms with Gasteiger partial charge in [0.25, 0.3) is 0 Å². The van der Waals surface area contributed by atoms with Gasteiger partial charge in [-0.3, -0.25) is 4.70 Å². The second-order valence-corrected chi connectivity index (χ2v) is 4.89. The Balaban J connectivity index is 0. The smallest absolute Gasteiger partial charge is 0.0533 e. The van der Waals surface area contributed by atoms with Crippen LogP contribution in [0.15, 0.2) is 0 Å². The van der Waals surface area contributed by atoms with Crippen molar-refractivity contribution >= 4 is 0 Å². The number of unbranched alkanes of at least 4 members (excludes halogenated alkanes) is 12. The number of hydrogen-bond acceptors (Lipinski definition) is 0. The first kappa shape index (κ1) is 18.3. The molecule has 0 nitrogen and oxygen atoms in total. The molecule has 0 atom stereocenters. The van der Waals surface area contributed by atoms with E-state index in [9.17, 15) is 0 Å². The summed E-state index contributed by atoms with van der Waals surface area (Å²) in [5.41, 5.74) is 0. The van der Waals surface area contributed by atoms with Gasteiger partial charge in [-0.2, -0.15) is 0 Å². The van der Waals surface area contributed by atoms with Crippen molar-refractivity contribution < 1.29 is 4.70 Å². The van der Waals surface area contributed by atoms with Crippen LogP contribution in [-0.2, 0) is 0 Å². The minimum absolute atomic E-state index is 0. The van der Waals surface area contributed by atoms with Crippen molar-refractivity contribution in [1.29, 1.82) is 0 Å². The van der Waals surface area contributed by atoms with E-state index < -0.39 is 0 Å². The van der Waals surface area contributed by atoms with Gasteiger partial charge in [-0.25, -0.2) is 0 Å². The molecule has 1 heteroatoms. The lowest BCUT2D eigenvalue weighted by Crippen LogP contribution is -1.82. The topological polar surface area (TPSA) is 0 Å². The molecule has 0 spiro atoms. The molecule has 0 aliphatic rings. The third-order valence-electron chi connectivity index (χ3n) is 3.21. The molecule has 0 heterocycles. The van der Waals surface area contributed by atoms with Crippen molar-refractivity contribution in [3.05, 3.63) is 0 Å². The van der Waals surface area contributed by atoms with Gasteiger partial charge in [0.05, 0.1) is 0 Å². The largest absolute Gasteiger partial charge is 0.269 e. The van der Waals surface area contributed by atoms with Crippen LogP contribution in [0.2, 0.25) is 0 Å². The molecule has 0 fully saturated rings. The predicted molar refractivity (Wildman–Crippen MR) is 73.9 cm³/mol. The van der Waals surface area contributed by atoms with Crippen LogP contribution in [0.5, 0.6) is 0 Å². The molecule has 0 unspecified atom stereocenters. The summed E-state index contributed by atoms with van der Waals surface area (Å²) in [4.78, 5) is 0. The van der Waals surface area contributed by atoms with Gasteiger partial charge in [-0.1, -0.05) is 97.3 Å². The van der Waals surface area contributed by atoms with Crippen molar-refractivity contribution in [2.24, 2.45) is 0 Å². The highest BCUT2D eigenvalue weighted by Gasteiger charge is 1.92. The first-order chi connectivity index (χ1) is 7.41. The van der Waals surface area contributed by atoms with Crippen LogP contribution >= 0.6 is 0 Å². The predicted octanol–water partition coefficient (Wildman–Crippen LogP) is 6.25. The van der Waals surface area contributed by atoms with Gasteiger partial charge >= 0.3 is 0 Å². The first-order valence-electron chi connectivity index (χ1n) is 7.41. The zero-order valence-electron chi connectivity index (χ0n) is 11.6. The molecule has 0 rings (SSSR count). The Hall–Kier alpha value is -0.0700. The molecule has 0 aromatic rings. The average Bonchev–Trinajstić information content (AvgIpc) is 2.26. The van der Waals surface area contributed by atoms with Crippen molar-refractivity contribution in [2.75, 3.05) is 0 Å². The minimum atomic E-state index is 0. The monoisotopic (exact) mass is 232 g/mol. The van der Waals surface area contributed by atoms with Gasteiger partial charge in [-0.15, -0.1) is 0 Å². The molecular formula is C15H33F. The van der Waals surface area contributed by atoms with Gasteiger partial charge in [0.15, 0.2) is 0 Å². The summed E-state index contributed by atoms with van der Waals surface area (Å²) in [6.45, 7) is 4.58. The molecule has 0 aromatic carbocycles. The summed E-state index contributed by atoms with van der Waals surface area (Å²) in [7, 11) is 0. The lowest BCUT2D eigenvalue weighted by molar-refractivity contribution is 0.542. The summed E-state index contributed by atoms with van der Waals surface area (Å²) in [5.74, 6) is 0. The second kappa shape index (κ2) is 17.3. The van der Waals surface area contributed by atoms with E-state index in [0.29, 0.717) is 0 Å². The quantitative estimate of drug-likeness (QED) is 0.349. The fourth-order valence-corrected chi connectivity index (χ4v) is 2.09. The number of halogens is 1. The highest BCUT2D eigenvalue weighted by atomic mass is 19.0. The van der Waals surface area contributed by atoms with Crippen LogP contribution in [0.25, 0.3) is 0 Å². The number of rotatable bonds is 12. The van der Waals surface area contributed by atoms with Gasteiger partial charge < -0.3 is 0 Å². The SMILES string of the molecule is CCCCCCCCCCCCCCC.F. The van der Waals surface area contributed by atoms with E-state index in [1.807, 2.05) is 0 Å². The van der Waals surface area contributed by atoms with Gasteiger partial charge in [-0.05, 0) is 0 Å². The maximum atomic E-state index is 2.29. The fraction of sp³-hybridized carbons (Fsp3) is 1.00. The molecule has 0 aromatic heterocycles. The normalized spacial score (nSPS) is 10.1. The van der Waals surface area contributed by atoms with E-state index in [-0.39, 0.29) is 4.70 Å². The van der Waals surface area contributed by atoms with Crippen LogP contribution in [0, 0.1) is 0 Å². The van der Waals surface area contributed by atoms with E-state index in [0.717, 1.165) is 0 Å². The first-order valence-corrected chi connectivity index (χ1v) is 7.41. The van der Waals surface area contributed by atoms with E-state index in [1.54, 1.807) is 0 Å². The van der Waals surface area contributed by atoms with Crippen LogP contribution in [0.4, 0.5) is 4.70 Å². The molecular weight excluding hydrogens is 199 g/mol. The summed E-state index contributed by atoms with van der Waals surface area (Å²) in [6.07, 6.45) is 18.9. The molecule has 0 radical (unpaired) electrons. The van der Waals surface area contributed by atoms with Crippen molar-refractivity contribution in [3.8, 4) is 0 Å². The zero-order chi connectivity index (χ0) is 11.2. The fourth-order valence-electron chi connectivity index (χ4n) is 2.09. The molecule has 0 aliphatic heterocycles. The maximum absolute atomic E-state index is 2.29. The van der Waals surface area contributed by atoms with Crippen molar-refractivity contribution in [2.45, 2.75) is 97.3 Å². The highest BCUT2D eigenvalue weighted by Crippen LogP contribution is 2.12. The Morgan fingerprint density at radius 1 is 0.375 bits per heavy atom. The lowest BCUT2D eigenvalue weighted by atomic mass is 10.1. The van der Waals surface area contributed by atoms with Crippen LogP contribution in [0.3, 0.4) is 0 Å². The summed E-state index contributed by atoms with van der Waals surface area (Å²) >= 11 is 0. The Labute approximate surface area is 103 Å². The Morgan fingerprint density at radius 2 is 0.562 bits per heavy atom. The Bertz CT molecular complexity index is 89.6. The van der Waals surface area contributed by atoms with Crippen LogP contribution < -0.4 is 0 Å². The minimum Gasteiger partial charge on any atom is -0.269 e. The van der Waals surface area contributed by atoms with Gasteiger partial charge in [0.1, 0.15) is 0 Å². The summed E-state index contributed by atoms with van der Waals surface area (Å²) in [5, 5.41) is 0. The van der Waals surface area contributed by atoms with Crippen LogP contribution in [0.1, 0.15) is 97.3 Å². The summed E-state index contributed by atoms with van der Waals surface area (Å²) < 4.78 is 0. The second-order valence-electron chi connectivity index (χ2n) is 4.89. The maximum Gasteiger partial charge on any atom is -0.0533 e. The number of hydrogen-bond donors (Lipinski definition) is 0. The van der Waals surface area contributed by atoms with Gasteiger partial charge in [0.2, 0.25) is 0 Å². The molecule has 0 aliphatic carbocycles. The molecule has 100 valence electrons. The van der Waals surface area contributed by atoms with Gasteiger partial charge in [0, 0.05) is 0 Å². The molecule has 0 bridgehead atoms. The third kappa shape index (κ3) is 16.4. The van der Waals surface area contributed by atoms with E-state index in [1.165, 1.54) is 83.5 Å². The highest BCUT2D eigenvalue weighted by molar-refractivity contribution is 4.47. The van der Waals surface area contributed by atoms with Crippen LogP contribution in [-0.4, -0.2) is 0 Å². The molecule has 0 saturated heterocycles. The van der Waals surface area contributed by atoms with E-state index in [4.69, 9.17) is 0 Å². The molecule has 16 heavy (non-hydrogen) atoms. The van der Waals surface area contributed by atoms with Crippen molar-refractivity contribution in [3.63, 3.8) is 0 Å². The standard InChI is InChI=1S/C15H32.FH/c1-3-5-7-9-11-13-15-14-12-10-8-6-4-2;/h3-15H2,1-2H3;1H. The lowest BCUT2D eigenvalue weighted by Gasteiger charge is -2.01. The zero-order valence-corrected chi connectivity index (χ0v) is 11.6. The van der Waals surface area contributed by atoms with E-state index >= 15 is 0 Å². The average molecular weight is 232 g/mol. The molecule has 0 amide bonds. The Morgan fingerprint density at radius 3 is 0.750 bits per heavy atom. The van der Waals surface area contributed by atoms with Crippen molar-refractivity contribution in [1.82, 2.24) is 0 Å². The molecule has 0 N–H and O–H groups in total. The van der Waals surface area contributed by atoms with E-state index in [2.05, 4.69) is 13.8 Å². The summed E-state index contributed by atoms with van der Waals surface area (Å²) in [6, 6.07) is 0. The molecule has 0 saturated carbocycles. The third-order valence-corrected chi connectivity index (χ3v) is 3.21.